The first-order valence-electron chi connectivity index (χ1n) is 16.5. The average Bonchev–Trinajstić information content (AvgIpc) is 3.19. The van der Waals surface area contributed by atoms with Crippen molar-refractivity contribution in [3.8, 4) is 17.2 Å². The summed E-state index contributed by atoms with van der Waals surface area (Å²) in [5.74, 6) is 0.274. The van der Waals surface area contributed by atoms with Crippen molar-refractivity contribution in [3.63, 3.8) is 0 Å². The minimum absolute atomic E-state index is 0.000364. The molecule has 264 valence electrons. The fourth-order valence-electron chi connectivity index (χ4n) is 5.64. The maximum Gasteiger partial charge on any atom is 0.272 e. The number of carbonyl (C=O) groups excluding carboxylic acids is 3. The molecule has 5 aromatic rings. The van der Waals surface area contributed by atoms with E-state index < -0.39 is 11.8 Å². The molecule has 0 fully saturated rings. The Morgan fingerprint density at radius 3 is 1.92 bits per heavy atom. The zero-order valence-electron chi connectivity index (χ0n) is 29.0. The smallest absolute Gasteiger partial charge is 0.272 e. The highest BCUT2D eigenvalue weighted by atomic mass is 32.2. The molecule has 0 spiro atoms. The normalized spacial score (nSPS) is 12.5. The second-order valence-electron chi connectivity index (χ2n) is 11.5. The Morgan fingerprint density at radius 1 is 0.750 bits per heavy atom. The number of carbonyl (C=O) groups is 3. The Kier molecular flexibility index (Phi) is 11.5. The Hall–Kier alpha value is -5.65. The van der Waals surface area contributed by atoms with Gasteiger partial charge in [-0.1, -0.05) is 61.2 Å². The predicted octanol–water partition coefficient (Wildman–Crippen LogP) is 8.82. The van der Waals surface area contributed by atoms with Gasteiger partial charge in [0.2, 0.25) is 5.91 Å². The number of anilines is 3. The SMILES string of the molecule is CCC(Sc1ccc(NC(=O)/C(=C/c2cc(OC)c(OC)cc2OC)NC(=O)c2ccccc2)cc1)C(=O)N1c2ccccc2Sc2ccccc21. The zero-order chi connectivity index (χ0) is 36.6. The van der Waals surface area contributed by atoms with E-state index in [1.807, 2.05) is 72.5 Å². The van der Waals surface area contributed by atoms with Gasteiger partial charge < -0.3 is 24.8 Å². The highest BCUT2D eigenvalue weighted by Crippen LogP contribution is 2.49. The fraction of sp³-hybridized carbons (Fsp3) is 0.146. The summed E-state index contributed by atoms with van der Waals surface area (Å²) in [5.41, 5.74) is 3.11. The number of hydrogen-bond donors (Lipinski definition) is 2. The summed E-state index contributed by atoms with van der Waals surface area (Å²) in [7, 11) is 4.52. The number of hydrogen-bond acceptors (Lipinski definition) is 8. The van der Waals surface area contributed by atoms with E-state index in [-0.39, 0.29) is 16.9 Å². The molecule has 5 aromatic carbocycles. The van der Waals surface area contributed by atoms with Crippen LogP contribution in [0.2, 0.25) is 0 Å². The maximum absolute atomic E-state index is 14.2. The summed E-state index contributed by atoms with van der Waals surface area (Å²) in [4.78, 5) is 46.0. The number of nitrogens with zero attached hydrogens (tertiary/aromatic N) is 1. The molecule has 0 saturated heterocycles. The summed E-state index contributed by atoms with van der Waals surface area (Å²) in [6.07, 6.45) is 2.14. The number of fused-ring (bicyclic) bond motifs is 2. The van der Waals surface area contributed by atoms with Crippen LogP contribution in [0.1, 0.15) is 29.3 Å². The molecular formula is C41H37N3O6S2. The third-order valence-electron chi connectivity index (χ3n) is 8.25. The highest BCUT2D eigenvalue weighted by molar-refractivity contribution is 8.00. The topological polar surface area (TPSA) is 106 Å². The molecule has 1 heterocycles. The van der Waals surface area contributed by atoms with Crippen LogP contribution in [0, 0.1) is 0 Å². The molecular weight excluding hydrogens is 695 g/mol. The predicted molar refractivity (Wildman–Crippen MR) is 207 cm³/mol. The van der Waals surface area contributed by atoms with E-state index >= 15 is 0 Å². The van der Waals surface area contributed by atoms with Crippen molar-refractivity contribution in [2.75, 3.05) is 31.5 Å². The van der Waals surface area contributed by atoms with Crippen molar-refractivity contribution in [2.24, 2.45) is 0 Å². The lowest BCUT2D eigenvalue weighted by molar-refractivity contribution is -0.117. The molecule has 1 atom stereocenters. The zero-order valence-corrected chi connectivity index (χ0v) is 30.7. The van der Waals surface area contributed by atoms with Gasteiger partial charge in [0.25, 0.3) is 11.8 Å². The summed E-state index contributed by atoms with van der Waals surface area (Å²) in [6.45, 7) is 2.01. The van der Waals surface area contributed by atoms with Crippen molar-refractivity contribution in [2.45, 2.75) is 33.3 Å². The van der Waals surface area contributed by atoms with Crippen LogP contribution in [0.15, 0.2) is 136 Å². The molecule has 0 aromatic heterocycles. The first-order chi connectivity index (χ1) is 25.3. The first kappa shape index (κ1) is 36.2. The summed E-state index contributed by atoms with van der Waals surface area (Å²) in [6, 6.07) is 35.1. The van der Waals surface area contributed by atoms with Gasteiger partial charge in [0.15, 0.2) is 11.5 Å². The Labute approximate surface area is 311 Å². The van der Waals surface area contributed by atoms with Crippen LogP contribution in [0.5, 0.6) is 17.2 Å². The van der Waals surface area contributed by atoms with E-state index in [2.05, 4.69) is 10.6 Å². The second-order valence-corrected chi connectivity index (χ2v) is 13.9. The van der Waals surface area contributed by atoms with Crippen molar-refractivity contribution < 1.29 is 28.6 Å². The van der Waals surface area contributed by atoms with Crippen LogP contribution < -0.4 is 29.7 Å². The fourth-order valence-corrected chi connectivity index (χ4v) is 7.69. The third kappa shape index (κ3) is 7.96. The third-order valence-corrected chi connectivity index (χ3v) is 10.7. The van der Waals surface area contributed by atoms with Crippen LogP contribution >= 0.6 is 23.5 Å². The van der Waals surface area contributed by atoms with Crippen LogP contribution in [0.3, 0.4) is 0 Å². The lowest BCUT2D eigenvalue weighted by atomic mass is 10.1. The van der Waals surface area contributed by atoms with Crippen molar-refractivity contribution in [1.29, 1.82) is 0 Å². The lowest BCUT2D eigenvalue weighted by Crippen LogP contribution is -2.35. The van der Waals surface area contributed by atoms with E-state index in [9.17, 15) is 14.4 Å². The molecule has 2 N–H and O–H groups in total. The minimum Gasteiger partial charge on any atom is -0.496 e. The number of ether oxygens (including phenoxy) is 3. The second kappa shape index (κ2) is 16.6. The minimum atomic E-state index is -0.552. The Balaban J connectivity index is 1.23. The van der Waals surface area contributed by atoms with E-state index in [1.54, 1.807) is 66.4 Å². The van der Waals surface area contributed by atoms with Gasteiger partial charge >= 0.3 is 0 Å². The maximum atomic E-state index is 14.2. The average molecular weight is 732 g/mol. The molecule has 1 aliphatic heterocycles. The number of rotatable bonds is 12. The molecule has 3 amide bonds. The number of thioether (sulfide) groups is 1. The van der Waals surface area contributed by atoms with Crippen LogP contribution in [0.4, 0.5) is 17.1 Å². The number of para-hydroxylation sites is 2. The number of benzene rings is 5. The van der Waals surface area contributed by atoms with E-state index in [0.717, 1.165) is 26.1 Å². The van der Waals surface area contributed by atoms with Crippen molar-refractivity contribution in [1.82, 2.24) is 5.32 Å². The largest absolute Gasteiger partial charge is 0.496 e. The van der Waals surface area contributed by atoms with Crippen LogP contribution in [0.25, 0.3) is 6.08 Å². The molecule has 0 bridgehead atoms. The molecule has 0 radical (unpaired) electrons. The van der Waals surface area contributed by atoms with Gasteiger partial charge in [0.1, 0.15) is 11.4 Å². The van der Waals surface area contributed by atoms with Crippen LogP contribution in [-0.4, -0.2) is 44.3 Å². The standard InChI is InChI=1S/C41H37N3O6S2/c1-5-36(41(47)44-31-15-9-11-17-37(31)52-38-18-12-10-16-32(38)44)51-29-21-19-28(20-22-29)42-40(46)30(43-39(45)26-13-7-6-8-14-26)23-27-24-34(49-3)35(50-4)25-33(27)48-2/h6-25,36H,5H2,1-4H3,(H,42,46)(H,43,45)/b30-23-. The molecule has 11 heteroatoms. The summed E-state index contributed by atoms with van der Waals surface area (Å²) in [5, 5.41) is 5.29. The van der Waals surface area contributed by atoms with Gasteiger partial charge in [-0.25, -0.2) is 0 Å². The quantitative estimate of drug-likeness (QED) is 0.0969. The van der Waals surface area contributed by atoms with Crippen molar-refractivity contribution >= 4 is 64.4 Å². The molecule has 1 unspecified atom stereocenters. The number of amides is 3. The number of methoxy groups -OCH3 is 3. The van der Waals surface area contributed by atoms with E-state index in [4.69, 9.17) is 14.2 Å². The van der Waals surface area contributed by atoms with Gasteiger partial charge in [-0.3, -0.25) is 19.3 Å². The van der Waals surface area contributed by atoms with Gasteiger partial charge in [-0.15, -0.1) is 11.8 Å². The monoisotopic (exact) mass is 731 g/mol. The molecule has 9 nitrogen and oxygen atoms in total. The molecule has 52 heavy (non-hydrogen) atoms. The molecule has 0 aliphatic carbocycles. The van der Waals surface area contributed by atoms with Gasteiger partial charge in [-0.05, 0) is 79.2 Å². The molecule has 6 rings (SSSR count). The van der Waals surface area contributed by atoms with Gasteiger partial charge in [0, 0.05) is 37.6 Å². The first-order valence-corrected chi connectivity index (χ1v) is 18.2. The van der Waals surface area contributed by atoms with Crippen LogP contribution in [-0.2, 0) is 9.59 Å². The lowest BCUT2D eigenvalue weighted by Gasteiger charge is -2.33. The summed E-state index contributed by atoms with van der Waals surface area (Å²) < 4.78 is 16.4. The van der Waals surface area contributed by atoms with E-state index in [0.29, 0.717) is 40.5 Å². The van der Waals surface area contributed by atoms with Gasteiger partial charge in [0.05, 0.1) is 38.0 Å². The molecule has 0 saturated carbocycles. The Morgan fingerprint density at radius 2 is 1.33 bits per heavy atom. The van der Waals surface area contributed by atoms with E-state index in [1.165, 1.54) is 39.2 Å². The van der Waals surface area contributed by atoms with Crippen molar-refractivity contribution in [3.05, 3.63) is 132 Å². The highest BCUT2D eigenvalue weighted by Gasteiger charge is 2.32. The van der Waals surface area contributed by atoms with Gasteiger partial charge in [-0.2, -0.15) is 0 Å². The number of nitrogens with one attached hydrogen (secondary N) is 2. The molecule has 1 aliphatic rings. The summed E-state index contributed by atoms with van der Waals surface area (Å²) >= 11 is 3.14. The Bertz CT molecular complexity index is 2080.